The van der Waals surface area contributed by atoms with Crippen molar-refractivity contribution in [1.82, 2.24) is 10.6 Å². The molecule has 0 aliphatic heterocycles. The molecular formula is C14H19ClN2O. The van der Waals surface area contributed by atoms with Crippen molar-refractivity contribution in [3.8, 4) is 0 Å². The number of carbonyl (C=O) groups excluding carboxylic acids is 1. The predicted molar refractivity (Wildman–Crippen MR) is 75.7 cm³/mol. The number of carbonyl (C=O) groups is 1. The lowest BCUT2D eigenvalue weighted by Gasteiger charge is -2.20. The van der Waals surface area contributed by atoms with Gasteiger partial charge in [0, 0.05) is 17.6 Å². The van der Waals surface area contributed by atoms with Crippen LogP contribution in [0.4, 0.5) is 0 Å². The Morgan fingerprint density at radius 3 is 2.72 bits per heavy atom. The van der Waals surface area contributed by atoms with E-state index in [-0.39, 0.29) is 18.0 Å². The van der Waals surface area contributed by atoms with Gasteiger partial charge in [0.05, 0.1) is 6.04 Å². The Bertz CT molecular complexity index is 420. The number of nitrogens with one attached hydrogen (secondary N) is 2. The molecule has 1 unspecified atom stereocenters. The van der Waals surface area contributed by atoms with E-state index >= 15 is 0 Å². The molecule has 0 bridgehead atoms. The summed E-state index contributed by atoms with van der Waals surface area (Å²) in [4.78, 5) is 11.7. The summed E-state index contributed by atoms with van der Waals surface area (Å²) in [5.41, 5.74) is 0.988. The van der Waals surface area contributed by atoms with Crippen LogP contribution in [0.3, 0.4) is 0 Å². The van der Waals surface area contributed by atoms with Gasteiger partial charge in [-0.05, 0) is 25.5 Å². The molecule has 0 fully saturated rings. The fourth-order valence-electron chi connectivity index (χ4n) is 1.69. The van der Waals surface area contributed by atoms with Crippen LogP contribution in [0.15, 0.2) is 36.9 Å². The Morgan fingerprint density at radius 2 is 2.11 bits per heavy atom. The molecule has 98 valence electrons. The maximum absolute atomic E-state index is 11.7. The second kappa shape index (κ2) is 7.19. The summed E-state index contributed by atoms with van der Waals surface area (Å²) in [6.07, 6.45) is 1.65. The second-order valence-corrected chi connectivity index (χ2v) is 4.57. The fourth-order valence-corrected chi connectivity index (χ4v) is 1.99. The van der Waals surface area contributed by atoms with Crippen molar-refractivity contribution < 1.29 is 4.79 Å². The topological polar surface area (TPSA) is 41.1 Å². The Kier molecular flexibility index (Phi) is 5.89. The molecule has 2 N–H and O–H groups in total. The van der Waals surface area contributed by atoms with E-state index in [0.717, 1.165) is 5.56 Å². The predicted octanol–water partition coefficient (Wildman–Crippen LogP) is 2.68. The molecule has 2 atom stereocenters. The van der Waals surface area contributed by atoms with Crippen LogP contribution in [0.2, 0.25) is 5.02 Å². The van der Waals surface area contributed by atoms with Crippen LogP contribution >= 0.6 is 11.6 Å². The standard InChI is InChI=1S/C14H19ClN2O/c1-4-9-16-14(18)11(3)17-10(2)12-7-5-6-8-13(12)15/h4-8,10-11,17H,1,9H2,2-3H3,(H,16,18)/t10-,11?/m1/s1. The van der Waals surface area contributed by atoms with E-state index < -0.39 is 0 Å². The zero-order valence-electron chi connectivity index (χ0n) is 10.7. The fraction of sp³-hybridized carbons (Fsp3) is 0.357. The summed E-state index contributed by atoms with van der Waals surface area (Å²) in [7, 11) is 0. The highest BCUT2D eigenvalue weighted by molar-refractivity contribution is 6.31. The monoisotopic (exact) mass is 266 g/mol. The molecule has 0 aliphatic carbocycles. The van der Waals surface area contributed by atoms with Crippen LogP contribution in [0.25, 0.3) is 0 Å². The van der Waals surface area contributed by atoms with Crippen LogP contribution < -0.4 is 10.6 Å². The smallest absolute Gasteiger partial charge is 0.237 e. The molecular weight excluding hydrogens is 248 g/mol. The van der Waals surface area contributed by atoms with Crippen LogP contribution in [0.1, 0.15) is 25.5 Å². The highest BCUT2D eigenvalue weighted by Gasteiger charge is 2.16. The first-order valence-electron chi connectivity index (χ1n) is 5.95. The molecule has 3 nitrogen and oxygen atoms in total. The zero-order chi connectivity index (χ0) is 13.5. The number of halogens is 1. The molecule has 0 aliphatic rings. The largest absolute Gasteiger partial charge is 0.351 e. The lowest BCUT2D eigenvalue weighted by molar-refractivity contribution is -0.122. The zero-order valence-corrected chi connectivity index (χ0v) is 11.5. The first kappa shape index (κ1) is 14.7. The second-order valence-electron chi connectivity index (χ2n) is 4.17. The summed E-state index contributed by atoms with van der Waals surface area (Å²) in [5.74, 6) is -0.0474. The van der Waals surface area contributed by atoms with Crippen molar-refractivity contribution in [1.29, 1.82) is 0 Å². The van der Waals surface area contributed by atoms with Gasteiger partial charge in [0.15, 0.2) is 0 Å². The van der Waals surface area contributed by atoms with Gasteiger partial charge in [-0.3, -0.25) is 10.1 Å². The number of hydrogen-bond donors (Lipinski definition) is 2. The average Bonchev–Trinajstić information content (AvgIpc) is 2.36. The molecule has 1 amide bonds. The highest BCUT2D eigenvalue weighted by atomic mass is 35.5. The van der Waals surface area contributed by atoms with Crippen molar-refractivity contribution in [3.63, 3.8) is 0 Å². The van der Waals surface area contributed by atoms with Gasteiger partial charge < -0.3 is 5.32 Å². The van der Waals surface area contributed by atoms with Crippen molar-refractivity contribution in [2.45, 2.75) is 25.9 Å². The third-order valence-electron chi connectivity index (χ3n) is 2.69. The van der Waals surface area contributed by atoms with E-state index in [1.54, 1.807) is 6.08 Å². The van der Waals surface area contributed by atoms with E-state index in [0.29, 0.717) is 11.6 Å². The number of benzene rings is 1. The Balaban J connectivity index is 2.59. The quantitative estimate of drug-likeness (QED) is 0.778. The SMILES string of the molecule is C=CCNC(=O)C(C)N[C@H](C)c1ccccc1Cl. The van der Waals surface area contributed by atoms with Gasteiger partial charge in [-0.1, -0.05) is 35.9 Å². The third-order valence-corrected chi connectivity index (χ3v) is 3.03. The maximum atomic E-state index is 11.7. The summed E-state index contributed by atoms with van der Waals surface area (Å²) in [6, 6.07) is 7.35. The molecule has 0 radical (unpaired) electrons. The number of amides is 1. The first-order chi connectivity index (χ1) is 8.56. The van der Waals surface area contributed by atoms with Gasteiger partial charge in [0.1, 0.15) is 0 Å². The van der Waals surface area contributed by atoms with Crippen molar-refractivity contribution in [3.05, 3.63) is 47.5 Å². The molecule has 0 saturated carbocycles. The molecule has 1 aromatic carbocycles. The lowest BCUT2D eigenvalue weighted by atomic mass is 10.1. The van der Waals surface area contributed by atoms with Crippen molar-refractivity contribution >= 4 is 17.5 Å². The normalized spacial score (nSPS) is 13.7. The van der Waals surface area contributed by atoms with Crippen molar-refractivity contribution in [2.75, 3.05) is 6.54 Å². The van der Waals surface area contributed by atoms with Gasteiger partial charge in [-0.25, -0.2) is 0 Å². The minimum absolute atomic E-state index is 0.0168. The lowest BCUT2D eigenvalue weighted by Crippen LogP contribution is -2.43. The Hall–Kier alpha value is -1.32. The van der Waals surface area contributed by atoms with E-state index in [1.165, 1.54) is 0 Å². The minimum Gasteiger partial charge on any atom is -0.351 e. The van der Waals surface area contributed by atoms with Gasteiger partial charge >= 0.3 is 0 Å². The van der Waals surface area contributed by atoms with Crippen LogP contribution in [-0.4, -0.2) is 18.5 Å². The molecule has 0 aromatic heterocycles. The molecule has 1 aromatic rings. The molecule has 1 rings (SSSR count). The average molecular weight is 267 g/mol. The highest BCUT2D eigenvalue weighted by Crippen LogP contribution is 2.22. The van der Waals surface area contributed by atoms with Gasteiger partial charge in [0.25, 0.3) is 0 Å². The van der Waals surface area contributed by atoms with E-state index in [1.807, 2.05) is 38.1 Å². The first-order valence-corrected chi connectivity index (χ1v) is 6.33. The Labute approximate surface area is 113 Å². The van der Waals surface area contributed by atoms with Crippen molar-refractivity contribution in [2.24, 2.45) is 0 Å². The third kappa shape index (κ3) is 4.17. The van der Waals surface area contributed by atoms with Gasteiger partial charge in [-0.2, -0.15) is 0 Å². The van der Waals surface area contributed by atoms with E-state index in [2.05, 4.69) is 17.2 Å². The summed E-state index contributed by atoms with van der Waals surface area (Å²) < 4.78 is 0. The van der Waals surface area contributed by atoms with E-state index in [4.69, 9.17) is 11.6 Å². The van der Waals surface area contributed by atoms with Crippen LogP contribution in [0.5, 0.6) is 0 Å². The van der Waals surface area contributed by atoms with Gasteiger partial charge in [-0.15, -0.1) is 6.58 Å². The Morgan fingerprint density at radius 1 is 1.44 bits per heavy atom. The van der Waals surface area contributed by atoms with Crippen LogP contribution in [0, 0.1) is 0 Å². The molecule has 0 saturated heterocycles. The molecule has 18 heavy (non-hydrogen) atoms. The minimum atomic E-state index is -0.281. The van der Waals surface area contributed by atoms with Crippen LogP contribution in [-0.2, 0) is 4.79 Å². The molecule has 0 spiro atoms. The number of hydrogen-bond acceptors (Lipinski definition) is 2. The molecule has 4 heteroatoms. The summed E-state index contributed by atoms with van der Waals surface area (Å²) in [6.45, 7) is 7.85. The summed E-state index contributed by atoms with van der Waals surface area (Å²) in [5, 5.41) is 6.67. The van der Waals surface area contributed by atoms with Gasteiger partial charge in [0.2, 0.25) is 5.91 Å². The number of rotatable bonds is 6. The molecule has 0 heterocycles. The maximum Gasteiger partial charge on any atom is 0.237 e. The summed E-state index contributed by atoms with van der Waals surface area (Å²) >= 11 is 6.11. The van der Waals surface area contributed by atoms with E-state index in [9.17, 15) is 4.79 Å².